The molecule has 0 saturated carbocycles. The molecule has 28 heavy (non-hydrogen) atoms. The lowest BCUT2D eigenvalue weighted by molar-refractivity contribution is -0.138. The van der Waals surface area contributed by atoms with Gasteiger partial charge >= 0.3 is 0 Å². The molecule has 2 saturated heterocycles. The number of morpholine rings is 1. The summed E-state index contributed by atoms with van der Waals surface area (Å²) < 4.78 is 5.67. The number of hydrogen-bond donors (Lipinski definition) is 3. The van der Waals surface area contributed by atoms with Gasteiger partial charge < -0.3 is 20.4 Å². The van der Waals surface area contributed by atoms with Crippen LogP contribution < -0.4 is 16.2 Å². The molecule has 2 aliphatic rings. The number of fused-ring (bicyclic) bond motifs is 1. The zero-order valence-corrected chi connectivity index (χ0v) is 15.9. The Bertz CT molecular complexity index is 878. The largest absolute Gasteiger partial charge is 0.366 e. The van der Waals surface area contributed by atoms with E-state index < -0.39 is 6.10 Å². The summed E-state index contributed by atoms with van der Waals surface area (Å²) in [5, 5.41) is 6.93. The van der Waals surface area contributed by atoms with Crippen molar-refractivity contribution in [3.8, 4) is 0 Å². The predicted octanol–water partition coefficient (Wildman–Crippen LogP) is 0.240. The minimum Gasteiger partial charge on any atom is -0.366 e. The van der Waals surface area contributed by atoms with Gasteiger partial charge in [-0.05, 0) is 44.0 Å². The number of rotatable bonds is 6. The highest BCUT2D eigenvalue weighted by atomic mass is 16.5. The maximum atomic E-state index is 12.4. The number of nitrogens with one attached hydrogen (secondary N) is 3. The molecule has 150 valence electrons. The van der Waals surface area contributed by atoms with Crippen molar-refractivity contribution in [2.75, 3.05) is 39.3 Å². The normalized spacial score (nSPS) is 23.1. The van der Waals surface area contributed by atoms with E-state index in [1.165, 1.54) is 6.42 Å². The number of carbonyl (C=O) groups is 1. The first-order chi connectivity index (χ1) is 13.7. The first-order valence-corrected chi connectivity index (χ1v) is 9.99. The Kier molecular flexibility index (Phi) is 5.99. The van der Waals surface area contributed by atoms with Crippen molar-refractivity contribution < 1.29 is 9.53 Å². The molecule has 3 N–H and O–H groups in total. The first kappa shape index (κ1) is 19.0. The van der Waals surface area contributed by atoms with Gasteiger partial charge in [-0.3, -0.25) is 14.5 Å². The topological polar surface area (TPSA) is 99.4 Å². The van der Waals surface area contributed by atoms with Gasteiger partial charge in [0.15, 0.2) is 0 Å². The second-order valence-corrected chi connectivity index (χ2v) is 7.56. The molecule has 2 fully saturated rings. The number of benzene rings is 1. The minimum atomic E-state index is -0.484. The van der Waals surface area contributed by atoms with E-state index in [9.17, 15) is 9.59 Å². The van der Waals surface area contributed by atoms with Gasteiger partial charge in [-0.25, -0.2) is 4.98 Å². The fourth-order valence-corrected chi connectivity index (χ4v) is 3.90. The molecule has 2 aromatic rings. The Hall–Kier alpha value is -2.29. The molecule has 2 aliphatic heterocycles. The molecule has 4 rings (SSSR count). The van der Waals surface area contributed by atoms with E-state index in [1.807, 2.05) is 18.2 Å². The first-order valence-electron chi connectivity index (χ1n) is 9.99. The lowest BCUT2D eigenvalue weighted by Gasteiger charge is -2.31. The summed E-state index contributed by atoms with van der Waals surface area (Å²) in [4.78, 5) is 34.2. The van der Waals surface area contributed by atoms with E-state index >= 15 is 0 Å². The predicted molar refractivity (Wildman–Crippen MR) is 106 cm³/mol. The van der Waals surface area contributed by atoms with Gasteiger partial charge in [0.2, 0.25) is 5.91 Å². The van der Waals surface area contributed by atoms with E-state index in [2.05, 4.69) is 25.5 Å². The van der Waals surface area contributed by atoms with Gasteiger partial charge in [-0.1, -0.05) is 12.1 Å². The number of aromatic amines is 1. The molecular weight excluding hydrogens is 358 g/mol. The third-order valence-electron chi connectivity index (χ3n) is 5.49. The molecule has 0 spiro atoms. The average molecular weight is 385 g/mol. The zero-order valence-electron chi connectivity index (χ0n) is 15.9. The second kappa shape index (κ2) is 8.81. The highest BCUT2D eigenvalue weighted by Gasteiger charge is 2.27. The van der Waals surface area contributed by atoms with Crippen LogP contribution >= 0.6 is 0 Å². The Morgan fingerprint density at radius 2 is 2.25 bits per heavy atom. The number of hydrogen-bond acceptors (Lipinski definition) is 6. The Balaban J connectivity index is 1.32. The van der Waals surface area contributed by atoms with Crippen molar-refractivity contribution in [2.24, 2.45) is 5.92 Å². The fraction of sp³-hybridized carbons (Fsp3) is 0.550. The molecular formula is C20H27N5O3. The number of amides is 1. The molecule has 8 nitrogen and oxygen atoms in total. The van der Waals surface area contributed by atoms with Crippen LogP contribution in [0.3, 0.4) is 0 Å². The quantitative estimate of drug-likeness (QED) is 0.659. The monoisotopic (exact) mass is 385 g/mol. The second-order valence-electron chi connectivity index (χ2n) is 7.56. The molecule has 1 aromatic heterocycles. The number of nitrogens with zero attached hydrogens (tertiary/aromatic N) is 2. The molecule has 0 radical (unpaired) electrons. The molecule has 3 heterocycles. The minimum absolute atomic E-state index is 0.0596. The van der Waals surface area contributed by atoms with Crippen LogP contribution in [-0.4, -0.2) is 66.2 Å². The summed E-state index contributed by atoms with van der Waals surface area (Å²) in [6, 6.07) is 7.30. The highest BCUT2D eigenvalue weighted by Crippen LogP contribution is 2.12. The van der Waals surface area contributed by atoms with E-state index in [-0.39, 0.29) is 11.5 Å². The Morgan fingerprint density at radius 1 is 1.36 bits per heavy atom. The van der Waals surface area contributed by atoms with Crippen LogP contribution in [-0.2, 0) is 16.1 Å². The van der Waals surface area contributed by atoms with Crippen molar-refractivity contribution in [3.05, 3.63) is 40.4 Å². The molecule has 1 amide bonds. The smallest absolute Gasteiger partial charge is 0.258 e. The van der Waals surface area contributed by atoms with Gasteiger partial charge in [0.1, 0.15) is 11.9 Å². The van der Waals surface area contributed by atoms with Crippen molar-refractivity contribution in [2.45, 2.75) is 25.5 Å². The number of aromatic nitrogens is 2. The number of carbonyl (C=O) groups excluding carboxylic acids is 1. The molecule has 2 atom stereocenters. The van der Waals surface area contributed by atoms with E-state index in [1.54, 1.807) is 6.07 Å². The maximum Gasteiger partial charge on any atom is 0.258 e. The summed E-state index contributed by atoms with van der Waals surface area (Å²) in [6.45, 7) is 4.97. The van der Waals surface area contributed by atoms with Crippen LogP contribution in [0.5, 0.6) is 0 Å². The summed E-state index contributed by atoms with van der Waals surface area (Å²) in [5.74, 6) is 1.20. The van der Waals surface area contributed by atoms with E-state index in [0.717, 1.165) is 19.5 Å². The zero-order chi connectivity index (χ0) is 19.3. The van der Waals surface area contributed by atoms with Gasteiger partial charge in [-0.2, -0.15) is 0 Å². The van der Waals surface area contributed by atoms with Crippen LogP contribution in [0.1, 0.15) is 18.7 Å². The SMILES string of the molecule is O=C(NCCC1CCNC1)C1CN(Cc2nc3ccccc3c(=O)[nH]2)CCO1. The molecule has 1 aromatic carbocycles. The van der Waals surface area contributed by atoms with Crippen LogP contribution in [0.15, 0.2) is 29.1 Å². The van der Waals surface area contributed by atoms with Crippen molar-refractivity contribution >= 4 is 16.8 Å². The molecule has 2 unspecified atom stereocenters. The van der Waals surface area contributed by atoms with E-state index in [4.69, 9.17) is 4.74 Å². The van der Waals surface area contributed by atoms with Crippen LogP contribution in [0.4, 0.5) is 0 Å². The lowest BCUT2D eigenvalue weighted by Crippen LogP contribution is -2.49. The summed E-state index contributed by atoms with van der Waals surface area (Å²) in [6.07, 6.45) is 1.69. The average Bonchev–Trinajstić information content (AvgIpc) is 3.22. The third kappa shape index (κ3) is 4.57. The van der Waals surface area contributed by atoms with Crippen LogP contribution in [0, 0.1) is 5.92 Å². The van der Waals surface area contributed by atoms with Gasteiger partial charge in [0.25, 0.3) is 5.56 Å². The third-order valence-corrected chi connectivity index (χ3v) is 5.49. The van der Waals surface area contributed by atoms with Gasteiger partial charge in [0.05, 0.1) is 24.1 Å². The number of para-hydroxylation sites is 1. The molecule has 0 bridgehead atoms. The van der Waals surface area contributed by atoms with Crippen LogP contribution in [0.25, 0.3) is 10.9 Å². The van der Waals surface area contributed by atoms with Gasteiger partial charge in [-0.15, -0.1) is 0 Å². The summed E-state index contributed by atoms with van der Waals surface area (Å²) in [7, 11) is 0. The highest BCUT2D eigenvalue weighted by molar-refractivity contribution is 5.81. The molecule has 0 aliphatic carbocycles. The van der Waals surface area contributed by atoms with E-state index in [0.29, 0.717) is 55.4 Å². The van der Waals surface area contributed by atoms with Crippen LogP contribution in [0.2, 0.25) is 0 Å². The standard InChI is InChI=1S/C20H27N5O3/c26-19-15-3-1-2-4-16(15)23-18(24-19)13-25-9-10-28-17(12-25)20(27)22-8-6-14-5-7-21-11-14/h1-4,14,17,21H,5-13H2,(H,22,27)(H,23,24,26). The maximum absolute atomic E-state index is 12.4. The Labute approximate surface area is 163 Å². The number of H-pyrrole nitrogens is 1. The summed E-state index contributed by atoms with van der Waals surface area (Å²) in [5.41, 5.74) is 0.551. The molecule has 8 heteroatoms. The van der Waals surface area contributed by atoms with Gasteiger partial charge in [0, 0.05) is 19.6 Å². The fourth-order valence-electron chi connectivity index (χ4n) is 3.90. The Morgan fingerprint density at radius 3 is 3.11 bits per heavy atom. The summed E-state index contributed by atoms with van der Waals surface area (Å²) >= 11 is 0. The van der Waals surface area contributed by atoms with Crippen molar-refractivity contribution in [3.63, 3.8) is 0 Å². The van der Waals surface area contributed by atoms with Crippen molar-refractivity contribution in [1.29, 1.82) is 0 Å². The lowest BCUT2D eigenvalue weighted by atomic mass is 10.1. The number of ether oxygens (including phenoxy) is 1. The van der Waals surface area contributed by atoms with Crippen molar-refractivity contribution in [1.82, 2.24) is 25.5 Å².